The summed E-state index contributed by atoms with van der Waals surface area (Å²) < 4.78 is 10.5. The third-order valence-corrected chi connectivity index (χ3v) is 3.02. The van der Waals surface area contributed by atoms with Gasteiger partial charge in [-0.3, -0.25) is 0 Å². The van der Waals surface area contributed by atoms with Crippen LogP contribution in [0.25, 0.3) is 6.08 Å². The van der Waals surface area contributed by atoms with Crippen LogP contribution in [0, 0.1) is 0 Å². The molecule has 1 N–H and O–H groups in total. The van der Waals surface area contributed by atoms with Crippen molar-refractivity contribution >= 4 is 18.0 Å². The average Bonchev–Trinajstić information content (AvgIpc) is 2.56. The fraction of sp³-hybridized carbons (Fsp3) is 0.333. The van der Waals surface area contributed by atoms with Crippen LogP contribution in [0.5, 0.6) is 5.75 Å². The standard InChI is InChI=1S/C18H22O5/c1-2-18(21)23-14-6-4-3-5-13-22-16-10-7-15(8-11-16)9-12-17(19)20/h2,7-12H,1,3-6,13-14H2,(H,19,20). The first-order valence-electron chi connectivity index (χ1n) is 7.55. The number of unbranched alkanes of at least 4 members (excludes halogenated alkanes) is 3. The second kappa shape index (κ2) is 11.1. The fourth-order valence-electron chi connectivity index (χ4n) is 1.82. The van der Waals surface area contributed by atoms with E-state index >= 15 is 0 Å². The van der Waals surface area contributed by atoms with E-state index in [4.69, 9.17) is 14.6 Å². The summed E-state index contributed by atoms with van der Waals surface area (Å²) >= 11 is 0. The molecule has 5 nitrogen and oxygen atoms in total. The van der Waals surface area contributed by atoms with Crippen molar-refractivity contribution in [3.63, 3.8) is 0 Å². The quantitative estimate of drug-likeness (QED) is 0.384. The first kappa shape index (κ1) is 18.5. The Hall–Kier alpha value is -2.56. The van der Waals surface area contributed by atoms with Gasteiger partial charge in [0, 0.05) is 12.2 Å². The number of rotatable bonds is 11. The van der Waals surface area contributed by atoms with Crippen LogP contribution in [0.15, 0.2) is 43.0 Å². The Balaban J connectivity index is 2.10. The summed E-state index contributed by atoms with van der Waals surface area (Å²) in [5, 5.41) is 8.55. The van der Waals surface area contributed by atoms with Gasteiger partial charge in [0.25, 0.3) is 0 Å². The van der Waals surface area contributed by atoms with Gasteiger partial charge >= 0.3 is 11.9 Å². The normalized spacial score (nSPS) is 10.4. The zero-order valence-corrected chi connectivity index (χ0v) is 13.1. The maximum absolute atomic E-state index is 10.8. The molecule has 5 heteroatoms. The highest BCUT2D eigenvalue weighted by atomic mass is 16.5. The van der Waals surface area contributed by atoms with E-state index in [1.54, 1.807) is 0 Å². The van der Waals surface area contributed by atoms with Crippen molar-refractivity contribution < 1.29 is 24.2 Å². The minimum Gasteiger partial charge on any atom is -0.494 e. The van der Waals surface area contributed by atoms with E-state index in [1.165, 1.54) is 6.08 Å². The van der Waals surface area contributed by atoms with Crippen molar-refractivity contribution in [2.45, 2.75) is 25.7 Å². The summed E-state index contributed by atoms with van der Waals surface area (Å²) in [6.07, 6.45) is 7.54. The summed E-state index contributed by atoms with van der Waals surface area (Å²) in [6, 6.07) is 7.25. The lowest BCUT2D eigenvalue weighted by molar-refractivity contribution is -0.138. The molecule has 0 amide bonds. The Bertz CT molecular complexity index is 531. The van der Waals surface area contributed by atoms with Gasteiger partial charge in [-0.2, -0.15) is 0 Å². The molecule has 1 rings (SSSR count). The summed E-state index contributed by atoms with van der Waals surface area (Å²) in [6.45, 7) is 4.38. The number of esters is 1. The van der Waals surface area contributed by atoms with E-state index in [-0.39, 0.29) is 5.97 Å². The van der Waals surface area contributed by atoms with Crippen LogP contribution >= 0.6 is 0 Å². The van der Waals surface area contributed by atoms with E-state index < -0.39 is 5.97 Å². The Morgan fingerprint density at radius 1 is 1.04 bits per heavy atom. The van der Waals surface area contributed by atoms with Crippen molar-refractivity contribution in [3.8, 4) is 5.75 Å². The third kappa shape index (κ3) is 9.14. The molecule has 0 unspecified atom stereocenters. The molecule has 0 fully saturated rings. The van der Waals surface area contributed by atoms with Crippen molar-refractivity contribution in [1.82, 2.24) is 0 Å². The van der Waals surface area contributed by atoms with E-state index in [9.17, 15) is 9.59 Å². The monoisotopic (exact) mass is 318 g/mol. The van der Waals surface area contributed by atoms with Gasteiger partial charge in [0.15, 0.2) is 0 Å². The molecule has 0 aromatic heterocycles. The van der Waals surface area contributed by atoms with Gasteiger partial charge in [-0.05, 0) is 49.5 Å². The molecule has 0 radical (unpaired) electrons. The molecule has 0 saturated carbocycles. The van der Waals surface area contributed by atoms with E-state index in [1.807, 2.05) is 24.3 Å². The lowest BCUT2D eigenvalue weighted by atomic mass is 10.2. The molecule has 124 valence electrons. The topological polar surface area (TPSA) is 72.8 Å². The van der Waals surface area contributed by atoms with Gasteiger partial charge in [0.05, 0.1) is 13.2 Å². The molecule has 0 saturated heterocycles. The SMILES string of the molecule is C=CC(=O)OCCCCCCOc1ccc(C=CC(=O)O)cc1. The summed E-state index contributed by atoms with van der Waals surface area (Å²) in [7, 11) is 0. The first-order valence-corrected chi connectivity index (χ1v) is 7.55. The second-order valence-corrected chi connectivity index (χ2v) is 4.87. The van der Waals surface area contributed by atoms with Crippen molar-refractivity contribution in [1.29, 1.82) is 0 Å². The van der Waals surface area contributed by atoms with E-state index in [0.29, 0.717) is 13.2 Å². The number of carbonyl (C=O) groups excluding carboxylic acids is 1. The Kier molecular flexibility index (Phi) is 8.90. The zero-order valence-electron chi connectivity index (χ0n) is 13.1. The van der Waals surface area contributed by atoms with Gasteiger partial charge < -0.3 is 14.6 Å². The highest BCUT2D eigenvalue weighted by Gasteiger charge is 1.97. The number of ether oxygens (including phenoxy) is 2. The number of aliphatic carboxylic acids is 1. The summed E-state index contributed by atoms with van der Waals surface area (Å²) in [4.78, 5) is 21.2. The zero-order chi connectivity index (χ0) is 16.9. The molecule has 0 aliphatic rings. The van der Waals surface area contributed by atoms with E-state index in [2.05, 4.69) is 6.58 Å². The number of hydrogen-bond acceptors (Lipinski definition) is 4. The van der Waals surface area contributed by atoms with Gasteiger partial charge in [-0.1, -0.05) is 18.7 Å². The smallest absolute Gasteiger partial charge is 0.330 e. The molecule has 23 heavy (non-hydrogen) atoms. The van der Waals surface area contributed by atoms with Crippen molar-refractivity contribution in [3.05, 3.63) is 48.6 Å². The van der Waals surface area contributed by atoms with Gasteiger partial charge in [-0.15, -0.1) is 0 Å². The molecule has 0 spiro atoms. The van der Waals surface area contributed by atoms with Crippen LogP contribution in [0.1, 0.15) is 31.2 Å². The largest absolute Gasteiger partial charge is 0.494 e. The lowest BCUT2D eigenvalue weighted by Crippen LogP contribution is -2.02. The minimum atomic E-state index is -0.968. The number of carbonyl (C=O) groups is 2. The molecule has 1 aromatic carbocycles. The predicted octanol–water partition coefficient (Wildman–Crippen LogP) is 3.45. The molecule has 0 aliphatic carbocycles. The summed E-state index contributed by atoms with van der Waals surface area (Å²) in [5.74, 6) is -0.586. The van der Waals surface area contributed by atoms with Crippen LogP contribution in [-0.2, 0) is 14.3 Å². The lowest BCUT2D eigenvalue weighted by Gasteiger charge is -2.06. The minimum absolute atomic E-state index is 0.380. The molecule has 0 bridgehead atoms. The highest BCUT2D eigenvalue weighted by Crippen LogP contribution is 2.14. The Labute approximate surface area is 136 Å². The van der Waals surface area contributed by atoms with Crippen LogP contribution in [-0.4, -0.2) is 30.3 Å². The highest BCUT2D eigenvalue weighted by molar-refractivity contribution is 5.85. The van der Waals surface area contributed by atoms with Gasteiger partial charge in [0.1, 0.15) is 5.75 Å². The number of hydrogen-bond donors (Lipinski definition) is 1. The van der Waals surface area contributed by atoms with Crippen LogP contribution in [0.4, 0.5) is 0 Å². The molecular formula is C18H22O5. The molecule has 0 heterocycles. The molecule has 0 aliphatic heterocycles. The predicted molar refractivity (Wildman–Crippen MR) is 88.2 cm³/mol. The fourth-order valence-corrected chi connectivity index (χ4v) is 1.82. The van der Waals surface area contributed by atoms with Crippen molar-refractivity contribution in [2.75, 3.05) is 13.2 Å². The summed E-state index contributed by atoms with van der Waals surface area (Å²) in [5.41, 5.74) is 0.814. The van der Waals surface area contributed by atoms with E-state index in [0.717, 1.165) is 49.1 Å². The maximum atomic E-state index is 10.8. The molecular weight excluding hydrogens is 296 g/mol. The maximum Gasteiger partial charge on any atom is 0.330 e. The number of carboxylic acid groups (broad SMARTS) is 1. The third-order valence-electron chi connectivity index (χ3n) is 3.02. The molecule has 0 atom stereocenters. The van der Waals surface area contributed by atoms with Gasteiger partial charge in [-0.25, -0.2) is 9.59 Å². The number of carboxylic acids is 1. The van der Waals surface area contributed by atoms with Crippen LogP contribution < -0.4 is 4.74 Å². The first-order chi connectivity index (χ1) is 11.1. The average molecular weight is 318 g/mol. The Morgan fingerprint density at radius 3 is 2.30 bits per heavy atom. The second-order valence-electron chi connectivity index (χ2n) is 4.87. The Morgan fingerprint density at radius 2 is 1.70 bits per heavy atom. The van der Waals surface area contributed by atoms with Crippen LogP contribution in [0.3, 0.4) is 0 Å². The van der Waals surface area contributed by atoms with Crippen molar-refractivity contribution in [2.24, 2.45) is 0 Å². The molecule has 1 aromatic rings. The van der Waals surface area contributed by atoms with Crippen LogP contribution in [0.2, 0.25) is 0 Å². The number of benzene rings is 1. The van der Waals surface area contributed by atoms with Gasteiger partial charge in [0.2, 0.25) is 0 Å².